The SMILES string of the molecule is COc1cccc(OC2CC3(CC(N)C3)C2)c1-c1cc(Nc2cnc(C#N)cn2)n[nH]1. The van der Waals surface area contributed by atoms with Crippen molar-refractivity contribution in [2.24, 2.45) is 11.1 Å². The van der Waals surface area contributed by atoms with Gasteiger partial charge in [0.05, 0.1) is 36.9 Å². The monoisotopic (exact) mass is 417 g/mol. The Morgan fingerprint density at radius 2 is 1.97 bits per heavy atom. The Morgan fingerprint density at radius 3 is 2.65 bits per heavy atom. The number of ether oxygens (including phenoxy) is 2. The summed E-state index contributed by atoms with van der Waals surface area (Å²) in [4.78, 5) is 8.16. The summed E-state index contributed by atoms with van der Waals surface area (Å²) >= 11 is 0. The van der Waals surface area contributed by atoms with Crippen molar-refractivity contribution in [1.29, 1.82) is 5.26 Å². The molecule has 0 atom stereocenters. The average Bonchev–Trinajstić information content (AvgIpc) is 3.19. The molecule has 9 nitrogen and oxygen atoms in total. The summed E-state index contributed by atoms with van der Waals surface area (Å²) in [5.74, 6) is 2.52. The van der Waals surface area contributed by atoms with Crippen molar-refractivity contribution in [2.75, 3.05) is 12.4 Å². The van der Waals surface area contributed by atoms with Crippen LogP contribution in [0.1, 0.15) is 31.4 Å². The van der Waals surface area contributed by atoms with Crippen molar-refractivity contribution in [2.45, 2.75) is 37.8 Å². The molecule has 5 rings (SSSR count). The maximum absolute atomic E-state index is 8.85. The van der Waals surface area contributed by atoms with E-state index in [2.05, 4.69) is 25.5 Å². The minimum Gasteiger partial charge on any atom is -0.496 e. The highest BCUT2D eigenvalue weighted by Gasteiger charge is 2.53. The predicted octanol–water partition coefficient (Wildman–Crippen LogP) is 3.14. The summed E-state index contributed by atoms with van der Waals surface area (Å²) in [6.07, 6.45) is 7.38. The molecule has 2 saturated carbocycles. The lowest BCUT2D eigenvalue weighted by molar-refractivity contribution is -0.0779. The molecule has 1 aromatic carbocycles. The Morgan fingerprint density at radius 1 is 1.16 bits per heavy atom. The Balaban J connectivity index is 1.35. The molecule has 3 aromatic rings. The summed E-state index contributed by atoms with van der Waals surface area (Å²) in [5, 5.41) is 19.3. The van der Waals surface area contributed by atoms with Gasteiger partial charge in [0.2, 0.25) is 0 Å². The zero-order valence-corrected chi connectivity index (χ0v) is 17.1. The topological polar surface area (TPSA) is 135 Å². The van der Waals surface area contributed by atoms with Crippen LogP contribution >= 0.6 is 0 Å². The van der Waals surface area contributed by atoms with Crippen LogP contribution in [0.5, 0.6) is 11.5 Å². The van der Waals surface area contributed by atoms with Gasteiger partial charge in [-0.1, -0.05) is 6.07 Å². The zero-order chi connectivity index (χ0) is 21.4. The number of aromatic nitrogens is 4. The maximum Gasteiger partial charge on any atom is 0.158 e. The van der Waals surface area contributed by atoms with Gasteiger partial charge in [-0.25, -0.2) is 9.97 Å². The first kappa shape index (κ1) is 19.3. The number of H-pyrrole nitrogens is 1. The summed E-state index contributed by atoms with van der Waals surface area (Å²) in [6, 6.07) is 9.93. The smallest absolute Gasteiger partial charge is 0.158 e. The fourth-order valence-electron chi connectivity index (χ4n) is 4.70. The van der Waals surface area contributed by atoms with Gasteiger partial charge in [-0.05, 0) is 43.2 Å². The van der Waals surface area contributed by atoms with Crippen LogP contribution in [0.2, 0.25) is 0 Å². The van der Waals surface area contributed by atoms with Gasteiger partial charge in [-0.3, -0.25) is 5.10 Å². The van der Waals surface area contributed by atoms with E-state index < -0.39 is 0 Å². The number of nitrogens with one attached hydrogen (secondary N) is 2. The standard InChI is InChI=1S/C22H23N7O2/c1-30-17-3-2-4-18(31-15-8-22(9-15)6-13(24)7-22)21(17)16-5-19(29-28-16)27-20-12-25-14(10-23)11-26-20/h2-5,11-13,15H,6-9,24H2,1H3,(H2,26,27,28,29). The first-order valence-electron chi connectivity index (χ1n) is 10.2. The molecule has 31 heavy (non-hydrogen) atoms. The molecule has 2 aliphatic carbocycles. The van der Waals surface area contributed by atoms with Gasteiger partial charge < -0.3 is 20.5 Å². The van der Waals surface area contributed by atoms with E-state index in [1.54, 1.807) is 7.11 Å². The lowest BCUT2D eigenvalue weighted by Gasteiger charge is -2.56. The largest absolute Gasteiger partial charge is 0.496 e. The van der Waals surface area contributed by atoms with Gasteiger partial charge in [0.25, 0.3) is 0 Å². The predicted molar refractivity (Wildman–Crippen MR) is 114 cm³/mol. The second kappa shape index (κ2) is 7.56. The number of nitriles is 1. The zero-order valence-electron chi connectivity index (χ0n) is 17.1. The fraction of sp³-hybridized carbons (Fsp3) is 0.364. The van der Waals surface area contributed by atoms with Crippen molar-refractivity contribution in [3.8, 4) is 28.8 Å². The third-order valence-corrected chi connectivity index (χ3v) is 6.08. The lowest BCUT2D eigenvalue weighted by atomic mass is 9.53. The number of hydrogen-bond donors (Lipinski definition) is 3. The molecule has 0 radical (unpaired) electrons. The molecule has 0 bridgehead atoms. The van der Waals surface area contributed by atoms with E-state index in [0.717, 1.165) is 42.7 Å². The van der Waals surface area contributed by atoms with Crippen LogP contribution in [0.3, 0.4) is 0 Å². The van der Waals surface area contributed by atoms with Crippen molar-refractivity contribution in [3.63, 3.8) is 0 Å². The van der Waals surface area contributed by atoms with Crippen LogP contribution in [0, 0.1) is 16.7 Å². The van der Waals surface area contributed by atoms with Gasteiger partial charge in [0.1, 0.15) is 23.4 Å². The number of methoxy groups -OCH3 is 1. The highest BCUT2D eigenvalue weighted by Crippen LogP contribution is 2.56. The Kier molecular flexibility index (Phi) is 4.71. The third kappa shape index (κ3) is 3.66. The molecule has 0 aliphatic heterocycles. The molecule has 2 heterocycles. The second-order valence-electron chi connectivity index (χ2n) is 8.34. The Hall–Kier alpha value is -3.64. The normalized spacial score (nSPS) is 24.0. The minimum absolute atomic E-state index is 0.188. The fourth-order valence-corrected chi connectivity index (χ4v) is 4.70. The minimum atomic E-state index is 0.188. The number of rotatable bonds is 6. The summed E-state index contributed by atoms with van der Waals surface area (Å²) < 4.78 is 12.0. The molecule has 0 amide bonds. The Bertz CT molecular complexity index is 1120. The van der Waals surface area contributed by atoms with Gasteiger partial charge in [-0.15, -0.1) is 0 Å². The van der Waals surface area contributed by atoms with Gasteiger partial charge in [0, 0.05) is 12.1 Å². The maximum atomic E-state index is 8.85. The first-order valence-corrected chi connectivity index (χ1v) is 10.2. The Labute approximate surface area is 179 Å². The molecule has 2 aromatic heterocycles. The van der Waals surface area contributed by atoms with E-state index >= 15 is 0 Å². The summed E-state index contributed by atoms with van der Waals surface area (Å²) in [5.41, 5.74) is 8.21. The van der Waals surface area contributed by atoms with Gasteiger partial charge >= 0.3 is 0 Å². The number of aromatic amines is 1. The number of hydrogen-bond acceptors (Lipinski definition) is 8. The van der Waals surface area contributed by atoms with E-state index in [1.807, 2.05) is 30.3 Å². The molecule has 2 fully saturated rings. The molecule has 2 aliphatic rings. The summed E-state index contributed by atoms with van der Waals surface area (Å²) in [6.45, 7) is 0. The van der Waals surface area contributed by atoms with E-state index in [-0.39, 0.29) is 11.8 Å². The van der Waals surface area contributed by atoms with E-state index in [4.69, 9.17) is 20.5 Å². The van der Waals surface area contributed by atoms with Crippen LogP contribution < -0.4 is 20.5 Å². The van der Waals surface area contributed by atoms with Crippen molar-refractivity contribution < 1.29 is 9.47 Å². The molecular formula is C22H23N7O2. The quantitative estimate of drug-likeness (QED) is 0.557. The van der Waals surface area contributed by atoms with Crippen LogP contribution in [0.15, 0.2) is 36.7 Å². The number of anilines is 2. The molecule has 1 spiro atoms. The summed E-state index contributed by atoms with van der Waals surface area (Å²) in [7, 11) is 1.64. The second-order valence-corrected chi connectivity index (χ2v) is 8.34. The van der Waals surface area contributed by atoms with Gasteiger partial charge in [0.15, 0.2) is 11.5 Å². The highest BCUT2D eigenvalue weighted by atomic mass is 16.5. The molecule has 0 unspecified atom stereocenters. The van der Waals surface area contributed by atoms with Crippen molar-refractivity contribution >= 4 is 11.6 Å². The molecular weight excluding hydrogens is 394 g/mol. The lowest BCUT2D eigenvalue weighted by Crippen LogP contribution is -2.56. The van der Waals surface area contributed by atoms with Crippen LogP contribution in [-0.2, 0) is 0 Å². The van der Waals surface area contributed by atoms with Crippen molar-refractivity contribution in [1.82, 2.24) is 20.2 Å². The van der Waals surface area contributed by atoms with Crippen molar-refractivity contribution in [3.05, 3.63) is 42.4 Å². The highest BCUT2D eigenvalue weighted by molar-refractivity contribution is 5.76. The molecule has 0 saturated heterocycles. The number of nitrogens with two attached hydrogens (primary N) is 1. The van der Waals surface area contributed by atoms with Crippen LogP contribution in [0.25, 0.3) is 11.3 Å². The third-order valence-electron chi connectivity index (χ3n) is 6.08. The van der Waals surface area contributed by atoms with Crippen LogP contribution in [0.4, 0.5) is 11.6 Å². The molecule has 9 heteroatoms. The van der Waals surface area contributed by atoms with E-state index in [9.17, 15) is 0 Å². The number of nitrogens with zero attached hydrogens (tertiary/aromatic N) is 4. The van der Waals surface area contributed by atoms with Gasteiger partial charge in [-0.2, -0.15) is 10.4 Å². The van der Waals surface area contributed by atoms with E-state index in [1.165, 1.54) is 12.4 Å². The number of benzene rings is 1. The van der Waals surface area contributed by atoms with E-state index in [0.29, 0.717) is 28.8 Å². The first-order chi connectivity index (χ1) is 15.1. The molecule has 4 N–H and O–H groups in total. The van der Waals surface area contributed by atoms with Crippen LogP contribution in [-0.4, -0.2) is 39.4 Å². The average molecular weight is 417 g/mol. The molecule has 158 valence electrons.